The molecule has 3 heterocycles. The molecular weight excluding hydrogens is 404 g/mol. The smallest absolute Gasteiger partial charge is 0.329 e. The summed E-state index contributed by atoms with van der Waals surface area (Å²) in [6, 6.07) is 13.7. The Bertz CT molecular complexity index is 1150. The van der Waals surface area contributed by atoms with E-state index in [1.165, 1.54) is 10.3 Å². The number of nitrogens with two attached hydrogens (primary N) is 1. The number of rotatable bonds is 6. The summed E-state index contributed by atoms with van der Waals surface area (Å²) in [4.78, 5) is 36.9. The number of pyridine rings is 1. The van der Waals surface area contributed by atoms with Gasteiger partial charge in [0.1, 0.15) is 5.82 Å². The normalized spacial score (nSPS) is 15.8. The van der Waals surface area contributed by atoms with Gasteiger partial charge in [-0.2, -0.15) is 0 Å². The van der Waals surface area contributed by atoms with Crippen molar-refractivity contribution >= 4 is 11.5 Å². The molecule has 1 unspecified atom stereocenters. The highest BCUT2D eigenvalue weighted by Gasteiger charge is 2.31. The Morgan fingerprint density at radius 2 is 1.75 bits per heavy atom. The lowest BCUT2D eigenvalue weighted by Crippen LogP contribution is -2.49. The zero-order valence-electron chi connectivity index (χ0n) is 18.6. The maximum Gasteiger partial charge on any atom is 0.329 e. The molecule has 1 aliphatic rings. The highest BCUT2D eigenvalue weighted by Crippen LogP contribution is 2.31. The van der Waals surface area contributed by atoms with Gasteiger partial charge >= 0.3 is 5.69 Å². The highest BCUT2D eigenvalue weighted by molar-refractivity contribution is 5.48. The number of piperazine rings is 1. The first-order valence-electron chi connectivity index (χ1n) is 11.0. The lowest BCUT2D eigenvalue weighted by atomic mass is 9.98. The van der Waals surface area contributed by atoms with E-state index in [0.717, 1.165) is 31.7 Å². The van der Waals surface area contributed by atoms with E-state index in [0.29, 0.717) is 12.1 Å². The predicted octanol–water partition coefficient (Wildman–Crippen LogP) is 2.08. The maximum atomic E-state index is 13.0. The van der Waals surface area contributed by atoms with Crippen LogP contribution in [0.5, 0.6) is 0 Å². The SMILES string of the molecule is CC(C)Cn1c(N)c(C(c2cccnc2)N2CCN(c3ccccc3)CC2)c(=O)[nH]c1=O. The van der Waals surface area contributed by atoms with Crippen LogP contribution >= 0.6 is 0 Å². The molecule has 4 rings (SSSR count). The lowest BCUT2D eigenvalue weighted by Gasteiger charge is -2.40. The molecule has 0 spiro atoms. The van der Waals surface area contributed by atoms with Gasteiger partial charge in [0.25, 0.3) is 5.56 Å². The minimum Gasteiger partial charge on any atom is -0.385 e. The molecule has 1 aromatic carbocycles. The van der Waals surface area contributed by atoms with Gasteiger partial charge in [-0.15, -0.1) is 0 Å². The topological polar surface area (TPSA) is 100 Å². The second kappa shape index (κ2) is 9.40. The monoisotopic (exact) mass is 434 g/mol. The van der Waals surface area contributed by atoms with Crippen LogP contribution in [0, 0.1) is 5.92 Å². The van der Waals surface area contributed by atoms with Crippen LogP contribution in [0.25, 0.3) is 0 Å². The molecule has 0 bridgehead atoms. The number of nitrogens with zero attached hydrogens (tertiary/aromatic N) is 4. The van der Waals surface area contributed by atoms with Gasteiger partial charge in [0, 0.05) is 50.8 Å². The molecule has 8 nitrogen and oxygen atoms in total. The Morgan fingerprint density at radius 3 is 2.38 bits per heavy atom. The van der Waals surface area contributed by atoms with Crippen LogP contribution in [-0.2, 0) is 6.54 Å². The van der Waals surface area contributed by atoms with E-state index < -0.39 is 11.2 Å². The van der Waals surface area contributed by atoms with Gasteiger partial charge in [-0.3, -0.25) is 24.2 Å². The Balaban J connectivity index is 1.72. The van der Waals surface area contributed by atoms with Crippen LogP contribution < -0.4 is 21.9 Å². The van der Waals surface area contributed by atoms with Gasteiger partial charge in [0.15, 0.2) is 0 Å². The first-order chi connectivity index (χ1) is 15.5. The fourth-order valence-corrected chi connectivity index (χ4v) is 4.39. The van der Waals surface area contributed by atoms with Crippen molar-refractivity contribution in [1.82, 2.24) is 19.4 Å². The summed E-state index contributed by atoms with van der Waals surface area (Å²) in [6.07, 6.45) is 3.48. The largest absolute Gasteiger partial charge is 0.385 e. The molecule has 0 amide bonds. The first kappa shape index (κ1) is 21.8. The first-order valence-corrected chi connectivity index (χ1v) is 11.0. The molecule has 8 heteroatoms. The van der Waals surface area contributed by atoms with Crippen LogP contribution in [-0.4, -0.2) is 45.6 Å². The Kier molecular flexibility index (Phi) is 6.41. The van der Waals surface area contributed by atoms with Gasteiger partial charge in [-0.25, -0.2) is 4.79 Å². The number of anilines is 2. The maximum absolute atomic E-state index is 13.0. The second-order valence-electron chi connectivity index (χ2n) is 8.61. The van der Waals surface area contributed by atoms with Gasteiger partial charge < -0.3 is 10.6 Å². The van der Waals surface area contributed by atoms with E-state index in [4.69, 9.17) is 5.73 Å². The fraction of sp³-hybridized carbons (Fsp3) is 0.375. The Hall–Kier alpha value is -3.39. The molecule has 32 heavy (non-hydrogen) atoms. The summed E-state index contributed by atoms with van der Waals surface area (Å²) >= 11 is 0. The van der Waals surface area contributed by atoms with Crippen LogP contribution in [0.15, 0.2) is 64.4 Å². The number of nitrogen functional groups attached to an aromatic ring is 1. The molecule has 1 atom stereocenters. The van der Waals surface area contributed by atoms with Crippen LogP contribution in [0.3, 0.4) is 0 Å². The molecule has 1 aliphatic heterocycles. The molecule has 0 saturated carbocycles. The third-order valence-corrected chi connectivity index (χ3v) is 5.90. The van der Waals surface area contributed by atoms with Crippen LogP contribution in [0.2, 0.25) is 0 Å². The van der Waals surface area contributed by atoms with Gasteiger partial charge in [-0.1, -0.05) is 38.1 Å². The number of H-pyrrole nitrogens is 1. The number of para-hydroxylation sites is 1. The standard InChI is InChI=1S/C24H30N6O2/c1-17(2)16-30-22(25)20(23(31)27-24(30)32)21(18-7-6-10-26-15-18)29-13-11-28(12-14-29)19-8-4-3-5-9-19/h3-10,15,17,21H,11-14,16,25H2,1-2H3,(H,27,31,32). The van der Waals surface area contributed by atoms with Crippen molar-refractivity contribution in [2.24, 2.45) is 5.92 Å². The quantitative estimate of drug-likeness (QED) is 0.616. The molecule has 3 N–H and O–H groups in total. The molecule has 168 valence electrons. The van der Waals surface area contributed by atoms with Gasteiger partial charge in [0.2, 0.25) is 0 Å². The number of benzene rings is 1. The molecule has 3 aromatic rings. The highest BCUT2D eigenvalue weighted by atomic mass is 16.2. The lowest BCUT2D eigenvalue weighted by molar-refractivity contribution is 0.210. The minimum atomic E-state index is -0.469. The summed E-state index contributed by atoms with van der Waals surface area (Å²) in [7, 11) is 0. The van der Waals surface area contributed by atoms with Crippen molar-refractivity contribution in [2.45, 2.75) is 26.4 Å². The molecular formula is C24H30N6O2. The second-order valence-corrected chi connectivity index (χ2v) is 8.61. The van der Waals surface area contributed by atoms with E-state index in [1.54, 1.807) is 12.4 Å². The molecule has 0 radical (unpaired) electrons. The van der Waals surface area contributed by atoms with Gasteiger partial charge in [-0.05, 0) is 29.7 Å². The molecule has 1 fully saturated rings. The van der Waals surface area contributed by atoms with E-state index >= 15 is 0 Å². The van der Waals surface area contributed by atoms with E-state index in [2.05, 4.69) is 31.9 Å². The average molecular weight is 435 g/mol. The fourth-order valence-electron chi connectivity index (χ4n) is 4.39. The van der Waals surface area contributed by atoms with E-state index in [1.807, 2.05) is 44.2 Å². The predicted molar refractivity (Wildman–Crippen MR) is 127 cm³/mol. The summed E-state index contributed by atoms with van der Waals surface area (Å²) in [5, 5.41) is 0. The summed E-state index contributed by atoms with van der Waals surface area (Å²) in [6.45, 7) is 7.60. The number of aromatic nitrogens is 3. The van der Waals surface area contributed by atoms with Crippen molar-refractivity contribution in [3.63, 3.8) is 0 Å². The number of aromatic amines is 1. The molecule has 0 aliphatic carbocycles. The summed E-state index contributed by atoms with van der Waals surface area (Å²) < 4.78 is 1.48. The molecule has 1 saturated heterocycles. The Labute approximate surface area is 187 Å². The number of hydrogen-bond donors (Lipinski definition) is 2. The van der Waals surface area contributed by atoms with Crippen molar-refractivity contribution in [1.29, 1.82) is 0 Å². The minimum absolute atomic E-state index is 0.208. The Morgan fingerprint density at radius 1 is 1.03 bits per heavy atom. The van der Waals surface area contributed by atoms with Gasteiger partial charge in [0.05, 0.1) is 11.6 Å². The third-order valence-electron chi connectivity index (χ3n) is 5.90. The number of hydrogen-bond acceptors (Lipinski definition) is 6. The van der Waals surface area contributed by atoms with Crippen molar-refractivity contribution in [3.8, 4) is 0 Å². The van der Waals surface area contributed by atoms with Crippen LogP contribution in [0.4, 0.5) is 11.5 Å². The zero-order chi connectivity index (χ0) is 22.7. The van der Waals surface area contributed by atoms with Crippen molar-refractivity contribution in [2.75, 3.05) is 36.8 Å². The van der Waals surface area contributed by atoms with Crippen molar-refractivity contribution < 1.29 is 0 Å². The zero-order valence-corrected chi connectivity index (χ0v) is 18.6. The molecule has 2 aromatic heterocycles. The van der Waals surface area contributed by atoms with E-state index in [-0.39, 0.29) is 17.8 Å². The van der Waals surface area contributed by atoms with Crippen LogP contribution in [0.1, 0.15) is 31.0 Å². The third kappa shape index (κ3) is 4.45. The van der Waals surface area contributed by atoms with Crippen molar-refractivity contribution in [3.05, 3.63) is 86.8 Å². The summed E-state index contributed by atoms with van der Waals surface area (Å²) in [5.74, 6) is 0.437. The average Bonchev–Trinajstić information content (AvgIpc) is 2.80. The number of nitrogens with one attached hydrogen (secondary N) is 1. The van der Waals surface area contributed by atoms with E-state index in [9.17, 15) is 9.59 Å². The summed E-state index contributed by atoms with van der Waals surface area (Å²) in [5.41, 5.74) is 8.05.